The van der Waals surface area contributed by atoms with Crippen molar-refractivity contribution in [1.29, 1.82) is 0 Å². The minimum absolute atomic E-state index is 0.0111. The van der Waals surface area contributed by atoms with E-state index in [-0.39, 0.29) is 28.8 Å². The van der Waals surface area contributed by atoms with Crippen molar-refractivity contribution in [2.24, 2.45) is 0 Å². The van der Waals surface area contributed by atoms with Crippen LogP contribution in [0, 0.1) is 0 Å². The van der Waals surface area contributed by atoms with Gasteiger partial charge in [-0.2, -0.15) is 9.97 Å². The van der Waals surface area contributed by atoms with Crippen LogP contribution in [0.15, 0.2) is 53.3 Å². The number of nitrogens with zero attached hydrogens (tertiary/aromatic N) is 5. The fourth-order valence-electron chi connectivity index (χ4n) is 3.96. The number of nitrogens with two attached hydrogens (primary N) is 1. The molecule has 1 amide bonds. The summed E-state index contributed by atoms with van der Waals surface area (Å²) in [6.45, 7) is 2.13. The first kappa shape index (κ1) is 21.7. The van der Waals surface area contributed by atoms with Crippen molar-refractivity contribution in [1.82, 2.24) is 24.4 Å². The van der Waals surface area contributed by atoms with Gasteiger partial charge in [0.2, 0.25) is 5.95 Å². The topological polar surface area (TPSA) is 131 Å². The van der Waals surface area contributed by atoms with Gasteiger partial charge in [-0.25, -0.2) is 4.98 Å². The Hall–Kier alpha value is -4.18. The van der Waals surface area contributed by atoms with Crippen LogP contribution in [0.25, 0.3) is 16.6 Å². The molecule has 4 aromatic rings. The van der Waals surface area contributed by atoms with Gasteiger partial charge >= 0.3 is 0 Å². The number of nitrogens with one attached hydrogen (secondary N) is 2. The van der Waals surface area contributed by atoms with Crippen LogP contribution < -0.4 is 21.9 Å². The standard InChI is InChI=1S/C23H21ClN8O2/c1-12(27-19-17-18(29-23(25)30-19)26-11-31(2)21(17)33)20-28-15-10-6-9-14(24)16(15)22(34)32(20)13-7-4-3-5-8-13/h3-10,12H,11H2,1-2H3,(H4,25,26,27,29,30). The summed E-state index contributed by atoms with van der Waals surface area (Å²) in [5.74, 6) is 0.781. The summed E-state index contributed by atoms with van der Waals surface area (Å²) < 4.78 is 1.51. The highest BCUT2D eigenvalue weighted by Crippen LogP contribution is 2.30. The van der Waals surface area contributed by atoms with Crippen LogP contribution >= 0.6 is 11.6 Å². The second-order valence-electron chi connectivity index (χ2n) is 7.94. The number of nitrogen functional groups attached to an aromatic ring is 1. The molecule has 0 spiro atoms. The molecule has 0 bridgehead atoms. The molecular weight excluding hydrogens is 456 g/mol. The van der Waals surface area contributed by atoms with E-state index < -0.39 is 6.04 Å². The predicted octanol–water partition coefficient (Wildman–Crippen LogP) is 3.04. The smallest absolute Gasteiger partial charge is 0.267 e. The van der Waals surface area contributed by atoms with E-state index in [4.69, 9.17) is 22.3 Å². The zero-order valence-electron chi connectivity index (χ0n) is 18.4. The molecule has 1 aliphatic heterocycles. The van der Waals surface area contributed by atoms with Gasteiger partial charge in [-0.05, 0) is 31.2 Å². The highest BCUT2D eigenvalue weighted by molar-refractivity contribution is 6.35. The van der Waals surface area contributed by atoms with Crippen LogP contribution in [0.1, 0.15) is 29.1 Å². The third kappa shape index (κ3) is 3.57. The average molecular weight is 477 g/mol. The monoisotopic (exact) mass is 476 g/mol. The fourth-order valence-corrected chi connectivity index (χ4v) is 4.21. The maximum absolute atomic E-state index is 13.6. The zero-order chi connectivity index (χ0) is 24.0. The Morgan fingerprint density at radius 1 is 1.09 bits per heavy atom. The Balaban J connectivity index is 1.68. The highest BCUT2D eigenvalue weighted by atomic mass is 35.5. The first-order valence-electron chi connectivity index (χ1n) is 10.5. The van der Waals surface area contributed by atoms with Crippen LogP contribution in [0.3, 0.4) is 0 Å². The minimum atomic E-state index is -0.547. The van der Waals surface area contributed by atoms with Crippen molar-refractivity contribution < 1.29 is 4.79 Å². The highest BCUT2D eigenvalue weighted by Gasteiger charge is 2.29. The van der Waals surface area contributed by atoms with E-state index in [1.54, 1.807) is 25.2 Å². The summed E-state index contributed by atoms with van der Waals surface area (Å²) in [5.41, 5.74) is 6.97. The second-order valence-corrected chi connectivity index (χ2v) is 8.35. The third-order valence-corrected chi connectivity index (χ3v) is 5.91. The van der Waals surface area contributed by atoms with Crippen molar-refractivity contribution in [3.63, 3.8) is 0 Å². The van der Waals surface area contributed by atoms with E-state index in [0.717, 1.165) is 0 Å². The molecule has 1 atom stereocenters. The number of rotatable bonds is 4. The van der Waals surface area contributed by atoms with Gasteiger partial charge in [0.1, 0.15) is 23.0 Å². The van der Waals surface area contributed by atoms with Crippen molar-refractivity contribution in [3.8, 4) is 5.69 Å². The first-order valence-corrected chi connectivity index (χ1v) is 10.9. The molecular formula is C23H21ClN8O2. The van der Waals surface area contributed by atoms with E-state index in [0.29, 0.717) is 39.9 Å². The maximum atomic E-state index is 13.6. The third-order valence-electron chi connectivity index (χ3n) is 5.60. The molecule has 0 fully saturated rings. The summed E-state index contributed by atoms with van der Waals surface area (Å²) >= 11 is 6.36. The molecule has 10 nitrogen and oxygen atoms in total. The van der Waals surface area contributed by atoms with Crippen LogP contribution in [0.5, 0.6) is 0 Å². The van der Waals surface area contributed by atoms with Gasteiger partial charge in [0.05, 0.1) is 34.3 Å². The average Bonchev–Trinajstić information content (AvgIpc) is 2.81. The second kappa shape index (κ2) is 8.31. The Morgan fingerprint density at radius 3 is 2.62 bits per heavy atom. The molecule has 0 saturated heterocycles. The molecule has 1 unspecified atom stereocenters. The summed E-state index contributed by atoms with van der Waals surface area (Å²) in [4.78, 5) is 41.2. The molecule has 4 N–H and O–H groups in total. The number of fused-ring (bicyclic) bond motifs is 2. The van der Waals surface area contributed by atoms with Gasteiger partial charge in [0, 0.05) is 7.05 Å². The summed E-state index contributed by atoms with van der Waals surface area (Å²) in [5, 5.41) is 6.93. The molecule has 2 aromatic carbocycles. The number of aromatic nitrogens is 4. The van der Waals surface area contributed by atoms with Crippen molar-refractivity contribution in [2.45, 2.75) is 13.0 Å². The first-order chi connectivity index (χ1) is 16.3. The van der Waals surface area contributed by atoms with E-state index in [9.17, 15) is 9.59 Å². The normalized spacial score (nSPS) is 14.0. The molecule has 172 valence electrons. The SMILES string of the molecule is CC(Nc1nc(N)nc2c1C(=O)N(C)CN2)c1nc2cccc(Cl)c2c(=O)n1-c1ccccc1. The predicted molar refractivity (Wildman–Crippen MR) is 131 cm³/mol. The lowest BCUT2D eigenvalue weighted by molar-refractivity contribution is 0.0796. The lowest BCUT2D eigenvalue weighted by Gasteiger charge is -2.28. The number of anilines is 3. The molecule has 34 heavy (non-hydrogen) atoms. The van der Waals surface area contributed by atoms with Gasteiger partial charge < -0.3 is 21.3 Å². The van der Waals surface area contributed by atoms with Crippen molar-refractivity contribution >= 4 is 46.0 Å². The fraction of sp³-hybridized carbons (Fsp3) is 0.174. The number of hydrogen-bond acceptors (Lipinski definition) is 8. The van der Waals surface area contributed by atoms with Crippen molar-refractivity contribution in [2.75, 3.05) is 30.1 Å². The summed E-state index contributed by atoms with van der Waals surface area (Å²) in [7, 11) is 1.67. The maximum Gasteiger partial charge on any atom is 0.267 e. The van der Waals surface area contributed by atoms with E-state index in [1.165, 1.54) is 9.47 Å². The Kier molecular flexibility index (Phi) is 5.29. The molecule has 0 saturated carbocycles. The number of amides is 1. The lowest BCUT2D eigenvalue weighted by atomic mass is 10.1. The number of carbonyl (C=O) groups is 1. The van der Waals surface area contributed by atoms with E-state index >= 15 is 0 Å². The Morgan fingerprint density at radius 2 is 1.85 bits per heavy atom. The number of benzene rings is 2. The molecule has 2 aromatic heterocycles. The zero-order valence-corrected chi connectivity index (χ0v) is 19.2. The van der Waals surface area contributed by atoms with Gasteiger partial charge in [-0.3, -0.25) is 14.2 Å². The van der Waals surface area contributed by atoms with Gasteiger partial charge in [0.15, 0.2) is 0 Å². The van der Waals surface area contributed by atoms with Gasteiger partial charge in [0.25, 0.3) is 11.5 Å². The Labute approximate surface area is 199 Å². The quantitative estimate of drug-likeness (QED) is 0.409. The van der Waals surface area contributed by atoms with E-state index in [1.807, 2.05) is 37.3 Å². The molecule has 3 heterocycles. The van der Waals surface area contributed by atoms with E-state index in [2.05, 4.69) is 20.6 Å². The van der Waals surface area contributed by atoms with Gasteiger partial charge in [-0.1, -0.05) is 35.9 Å². The number of halogens is 1. The Bertz CT molecular complexity index is 1490. The van der Waals surface area contributed by atoms with Crippen LogP contribution in [0.4, 0.5) is 17.6 Å². The number of carbonyl (C=O) groups excluding carboxylic acids is 1. The molecule has 11 heteroatoms. The van der Waals surface area contributed by atoms with Crippen LogP contribution in [0.2, 0.25) is 5.02 Å². The van der Waals surface area contributed by atoms with Crippen LogP contribution in [-0.4, -0.2) is 44.0 Å². The molecule has 0 radical (unpaired) electrons. The number of hydrogen-bond donors (Lipinski definition) is 3. The largest absolute Gasteiger partial charge is 0.368 e. The number of para-hydroxylation sites is 1. The van der Waals surface area contributed by atoms with Crippen LogP contribution in [-0.2, 0) is 0 Å². The molecule has 1 aliphatic rings. The molecule has 0 aliphatic carbocycles. The lowest BCUT2D eigenvalue weighted by Crippen LogP contribution is -2.38. The summed E-state index contributed by atoms with van der Waals surface area (Å²) in [6, 6.07) is 13.8. The summed E-state index contributed by atoms with van der Waals surface area (Å²) in [6.07, 6.45) is 0. The van der Waals surface area contributed by atoms with Gasteiger partial charge in [-0.15, -0.1) is 0 Å². The molecule has 5 rings (SSSR count). The van der Waals surface area contributed by atoms with Crippen molar-refractivity contribution in [3.05, 3.63) is 75.3 Å². The minimum Gasteiger partial charge on any atom is -0.368 e.